The van der Waals surface area contributed by atoms with E-state index >= 15 is 0 Å². The van der Waals surface area contributed by atoms with E-state index in [0.29, 0.717) is 24.8 Å². The van der Waals surface area contributed by atoms with Gasteiger partial charge in [0.05, 0.1) is 27.9 Å². The zero-order chi connectivity index (χ0) is 12.6. The van der Waals surface area contributed by atoms with Crippen molar-refractivity contribution >= 4 is 13.9 Å². The molecule has 94 valence electrons. The summed E-state index contributed by atoms with van der Waals surface area (Å²) in [6, 6.07) is 0. The van der Waals surface area contributed by atoms with Gasteiger partial charge in [-0.1, -0.05) is 6.58 Å². The van der Waals surface area contributed by atoms with Crippen molar-refractivity contribution in [2.24, 2.45) is 0 Å². The van der Waals surface area contributed by atoms with E-state index in [9.17, 15) is 4.79 Å². The van der Waals surface area contributed by atoms with E-state index in [0.717, 1.165) is 0 Å². The second-order valence-electron chi connectivity index (χ2n) is 3.15. The third-order valence-electron chi connectivity index (χ3n) is 1.99. The predicted molar refractivity (Wildman–Crippen MR) is 63.2 cm³/mol. The van der Waals surface area contributed by atoms with Crippen molar-refractivity contribution in [3.63, 3.8) is 0 Å². The summed E-state index contributed by atoms with van der Waals surface area (Å²) in [5.41, 5.74) is 0.395. The Balaban J connectivity index is 3.88. The first-order valence-electron chi connectivity index (χ1n) is 4.89. The van der Waals surface area contributed by atoms with E-state index in [1.807, 2.05) is 0 Å². The second-order valence-corrected chi connectivity index (χ2v) is 5.92. The molecule has 0 saturated heterocycles. The van der Waals surface area contributed by atoms with Gasteiger partial charge in [0.2, 0.25) is 0 Å². The zero-order valence-corrected chi connectivity index (χ0v) is 11.2. The van der Waals surface area contributed by atoms with Gasteiger partial charge in [-0.2, -0.15) is 13.6 Å². The van der Waals surface area contributed by atoms with Crippen molar-refractivity contribution in [3.8, 4) is 0 Å². The van der Waals surface area contributed by atoms with Crippen LogP contribution in [0.2, 0.25) is 0 Å². The Morgan fingerprint density at radius 2 is 1.69 bits per heavy atom. The summed E-state index contributed by atoms with van der Waals surface area (Å²) in [4.78, 5) is 11.1. The zero-order valence-electron chi connectivity index (χ0n) is 10.3. The molecule has 0 bridgehead atoms. The van der Waals surface area contributed by atoms with E-state index < -0.39 is 7.94 Å². The minimum absolute atomic E-state index is 0.309. The molecule has 0 aliphatic rings. The normalized spacial score (nSPS) is 11.2. The molecule has 0 rings (SSSR count). The summed E-state index contributed by atoms with van der Waals surface area (Å²) in [7, 11) is 2.39. The van der Waals surface area contributed by atoms with Crippen LogP contribution < -0.4 is 0 Å². The van der Waals surface area contributed by atoms with Crippen LogP contribution in [0.4, 0.5) is 0 Å². The lowest BCUT2D eigenvalue weighted by Gasteiger charge is -2.16. The fourth-order valence-electron chi connectivity index (χ4n) is 1.04. The molecule has 0 fully saturated rings. The van der Waals surface area contributed by atoms with Crippen LogP contribution in [0.5, 0.6) is 0 Å². The van der Waals surface area contributed by atoms with Crippen molar-refractivity contribution in [1.82, 2.24) is 0 Å². The number of hydrogen-bond acceptors (Lipinski definition) is 5. The monoisotopic (exact) mass is 251 g/mol. The lowest BCUT2D eigenvalue weighted by Crippen LogP contribution is -2.11. The van der Waals surface area contributed by atoms with Gasteiger partial charge in [0, 0.05) is 12.0 Å². The summed E-state index contributed by atoms with van der Waals surface area (Å²) < 4.78 is 20.5. The van der Waals surface area contributed by atoms with Crippen LogP contribution in [0.15, 0.2) is 12.2 Å². The first kappa shape index (κ1) is 15.5. The Kier molecular flexibility index (Phi) is 7.51. The third-order valence-corrected chi connectivity index (χ3v) is 4.53. The molecule has 0 atom stereocenters. The number of esters is 1. The van der Waals surface area contributed by atoms with E-state index in [-0.39, 0.29) is 5.97 Å². The van der Waals surface area contributed by atoms with Crippen LogP contribution in [-0.4, -0.2) is 40.1 Å². The van der Waals surface area contributed by atoms with Crippen molar-refractivity contribution in [1.29, 1.82) is 0 Å². The van der Waals surface area contributed by atoms with Gasteiger partial charge in [-0.05, 0) is 6.92 Å². The Labute approximate surface area is 97.3 Å². The lowest BCUT2D eigenvalue weighted by atomic mass is 10.4. The van der Waals surface area contributed by atoms with Gasteiger partial charge in [0.15, 0.2) is 0 Å². The molecule has 0 saturated carbocycles. The van der Waals surface area contributed by atoms with E-state index in [4.69, 9.17) is 18.3 Å². The third kappa shape index (κ3) is 5.03. The summed E-state index contributed by atoms with van der Waals surface area (Å²) in [6.07, 6.45) is 1.21. The van der Waals surface area contributed by atoms with Gasteiger partial charge < -0.3 is 4.74 Å². The van der Waals surface area contributed by atoms with Crippen molar-refractivity contribution < 1.29 is 23.1 Å². The molecule has 0 aliphatic heterocycles. The summed E-state index contributed by atoms with van der Waals surface area (Å²) in [5.74, 6) is -0.379. The van der Waals surface area contributed by atoms with Crippen LogP contribution in [-0.2, 0) is 23.1 Å². The highest BCUT2D eigenvalue weighted by Gasteiger charge is 2.40. The average molecular weight is 251 g/mol. The van der Waals surface area contributed by atoms with Gasteiger partial charge in [-0.3, -0.25) is 0 Å². The lowest BCUT2D eigenvalue weighted by molar-refractivity contribution is -0.138. The fourth-order valence-corrected chi connectivity index (χ4v) is 2.56. The Morgan fingerprint density at radius 1 is 1.19 bits per heavy atom. The Bertz CT molecular complexity index is 229. The van der Waals surface area contributed by atoms with Gasteiger partial charge in [-0.15, -0.1) is 0 Å². The standard InChI is InChI=1S/C10H20O5P/c1-9(2)10(11)15-7-6-8-16(12-3,13-4)14-5/h1,6-8H2,2-5H3/q+1. The molecule has 5 nitrogen and oxygen atoms in total. The molecule has 0 aliphatic carbocycles. The average Bonchev–Trinajstić information content (AvgIpc) is 2.30. The second kappa shape index (κ2) is 7.74. The molecule has 0 heterocycles. The summed E-state index contributed by atoms with van der Waals surface area (Å²) in [5, 5.41) is 0. The van der Waals surface area contributed by atoms with E-state index in [1.54, 1.807) is 28.3 Å². The maximum absolute atomic E-state index is 11.1. The van der Waals surface area contributed by atoms with Gasteiger partial charge in [-0.25, -0.2) is 4.79 Å². The molecule has 0 radical (unpaired) electrons. The van der Waals surface area contributed by atoms with E-state index in [1.165, 1.54) is 0 Å². The SMILES string of the molecule is C=C(C)C(=O)OCCC[P+](OC)(OC)OC. The molecule has 0 unspecified atom stereocenters. The molecule has 0 spiro atoms. The van der Waals surface area contributed by atoms with Gasteiger partial charge >= 0.3 is 13.9 Å². The molecular weight excluding hydrogens is 231 g/mol. The van der Waals surface area contributed by atoms with E-state index in [2.05, 4.69) is 6.58 Å². The minimum atomic E-state index is -2.24. The van der Waals surface area contributed by atoms with Crippen LogP contribution in [0.1, 0.15) is 13.3 Å². The Hall–Kier alpha value is -0.480. The first-order valence-corrected chi connectivity index (χ1v) is 6.62. The molecule has 0 aromatic rings. The van der Waals surface area contributed by atoms with Crippen LogP contribution in [0.3, 0.4) is 0 Å². The highest BCUT2D eigenvalue weighted by Crippen LogP contribution is 2.60. The van der Waals surface area contributed by atoms with Crippen molar-refractivity contribution in [2.45, 2.75) is 13.3 Å². The van der Waals surface area contributed by atoms with Gasteiger partial charge in [0.1, 0.15) is 6.16 Å². The number of ether oxygens (including phenoxy) is 1. The Morgan fingerprint density at radius 3 is 2.06 bits per heavy atom. The molecule has 0 amide bonds. The van der Waals surface area contributed by atoms with Crippen molar-refractivity contribution in [2.75, 3.05) is 34.1 Å². The minimum Gasteiger partial charge on any atom is -0.462 e. The molecular formula is C10H20O5P+. The topological polar surface area (TPSA) is 54.0 Å². The largest absolute Gasteiger partial charge is 0.462 e. The first-order chi connectivity index (χ1) is 7.51. The maximum Gasteiger partial charge on any atom is 0.410 e. The fraction of sp³-hybridized carbons (Fsp3) is 0.700. The van der Waals surface area contributed by atoms with Crippen LogP contribution in [0.25, 0.3) is 0 Å². The summed E-state index contributed by atoms with van der Waals surface area (Å²) in [6.45, 7) is 5.41. The van der Waals surface area contributed by atoms with Crippen LogP contribution >= 0.6 is 7.94 Å². The van der Waals surface area contributed by atoms with Crippen molar-refractivity contribution in [3.05, 3.63) is 12.2 Å². The number of hydrogen-bond donors (Lipinski definition) is 0. The molecule has 0 N–H and O–H groups in total. The highest BCUT2D eigenvalue weighted by atomic mass is 31.2. The van der Waals surface area contributed by atoms with Crippen LogP contribution in [0, 0.1) is 0 Å². The maximum atomic E-state index is 11.1. The van der Waals surface area contributed by atoms with Gasteiger partial charge in [0.25, 0.3) is 0 Å². The molecule has 16 heavy (non-hydrogen) atoms. The molecule has 6 heteroatoms. The smallest absolute Gasteiger partial charge is 0.410 e. The number of carbonyl (C=O) groups excluding carboxylic acids is 1. The quantitative estimate of drug-likeness (QED) is 0.286. The summed E-state index contributed by atoms with van der Waals surface area (Å²) >= 11 is 0. The number of carbonyl (C=O) groups is 1. The molecule has 0 aromatic heterocycles. The number of rotatable bonds is 8. The predicted octanol–water partition coefficient (Wildman–Crippen LogP) is 2.20. The highest BCUT2D eigenvalue weighted by molar-refractivity contribution is 7.61. The molecule has 0 aromatic carbocycles.